The van der Waals surface area contributed by atoms with Crippen molar-refractivity contribution in [3.8, 4) is 11.5 Å². The lowest BCUT2D eigenvalue weighted by molar-refractivity contribution is 0.0993. The number of nitrogens with one attached hydrogen (secondary N) is 1. The highest BCUT2D eigenvalue weighted by atomic mass is 16.5. The third-order valence-corrected chi connectivity index (χ3v) is 5.36. The molecule has 7 heteroatoms. The molecule has 0 unspecified atom stereocenters. The summed E-state index contributed by atoms with van der Waals surface area (Å²) in [5, 5.41) is 3.32. The first-order valence-electron chi connectivity index (χ1n) is 12.3. The molecule has 0 bridgehead atoms. The van der Waals surface area contributed by atoms with Gasteiger partial charge in [0.25, 0.3) is 5.91 Å². The zero-order valence-corrected chi connectivity index (χ0v) is 21.8. The normalized spacial score (nSPS) is 11.5. The van der Waals surface area contributed by atoms with Crippen LogP contribution in [0.5, 0.6) is 11.5 Å². The van der Waals surface area contributed by atoms with Crippen LogP contribution in [0.15, 0.2) is 78.5 Å². The predicted molar refractivity (Wildman–Crippen MR) is 148 cm³/mol. The van der Waals surface area contributed by atoms with Gasteiger partial charge in [0.1, 0.15) is 18.1 Å². The number of allylic oxidation sites excluding steroid dienone is 2. The molecule has 0 saturated heterocycles. The van der Waals surface area contributed by atoms with E-state index in [1.54, 1.807) is 42.5 Å². The van der Waals surface area contributed by atoms with Crippen LogP contribution in [-0.4, -0.2) is 17.8 Å². The minimum atomic E-state index is -0.568. The van der Waals surface area contributed by atoms with Gasteiger partial charge in [0.05, 0.1) is 17.2 Å². The Labute approximate surface area is 218 Å². The van der Waals surface area contributed by atoms with Crippen LogP contribution in [0.25, 0.3) is 0 Å². The van der Waals surface area contributed by atoms with Crippen LogP contribution in [0.3, 0.4) is 0 Å². The highest BCUT2D eigenvalue weighted by molar-refractivity contribution is 6.07. The van der Waals surface area contributed by atoms with Crippen LogP contribution in [0.4, 0.5) is 11.4 Å². The molecule has 7 nitrogen and oxygen atoms in total. The van der Waals surface area contributed by atoms with Gasteiger partial charge in [-0.25, -0.2) is 0 Å². The summed E-state index contributed by atoms with van der Waals surface area (Å²) in [7, 11) is 0. The molecule has 0 spiro atoms. The van der Waals surface area contributed by atoms with Crippen LogP contribution in [0.2, 0.25) is 0 Å². The van der Waals surface area contributed by atoms with Gasteiger partial charge in [0.2, 0.25) is 0 Å². The Morgan fingerprint density at radius 2 is 1.62 bits per heavy atom. The number of amides is 1. The first kappa shape index (κ1) is 27.3. The van der Waals surface area contributed by atoms with Crippen molar-refractivity contribution < 1.29 is 19.1 Å². The summed E-state index contributed by atoms with van der Waals surface area (Å²) in [6.45, 7) is 8.20. The van der Waals surface area contributed by atoms with Crippen molar-refractivity contribution in [1.29, 1.82) is 0 Å². The molecule has 0 aliphatic rings. The third-order valence-electron chi connectivity index (χ3n) is 5.36. The predicted octanol–water partition coefficient (Wildman–Crippen LogP) is 5.96. The van der Waals surface area contributed by atoms with Gasteiger partial charge < -0.3 is 26.3 Å². The lowest BCUT2D eigenvalue weighted by atomic mass is 10.0. The number of carbonyl (C=O) groups is 2. The van der Waals surface area contributed by atoms with E-state index in [1.165, 1.54) is 0 Å². The Morgan fingerprint density at radius 3 is 2.27 bits per heavy atom. The number of nitrogen functional groups attached to an aromatic ring is 1. The average Bonchev–Trinajstić information content (AvgIpc) is 2.82. The molecule has 1 amide bonds. The molecular weight excluding hydrogens is 466 g/mol. The summed E-state index contributed by atoms with van der Waals surface area (Å²) in [6.07, 6.45) is 2.06. The molecule has 194 valence electrons. The molecule has 0 saturated carbocycles. The molecular formula is C30H35N3O4. The van der Waals surface area contributed by atoms with Gasteiger partial charge in [0, 0.05) is 35.3 Å². The lowest BCUT2D eigenvalue weighted by Crippen LogP contribution is -2.16. The Kier molecular flexibility index (Phi) is 9.33. The zero-order chi connectivity index (χ0) is 26.9. The number of primary amides is 1. The smallest absolute Gasteiger partial charge is 0.252 e. The molecule has 0 atom stereocenters. The van der Waals surface area contributed by atoms with Crippen LogP contribution in [0.1, 0.15) is 60.4 Å². The zero-order valence-electron chi connectivity index (χ0n) is 21.8. The second kappa shape index (κ2) is 12.6. The number of anilines is 2. The summed E-state index contributed by atoms with van der Waals surface area (Å²) in [6, 6.07) is 19.8. The molecule has 5 N–H and O–H groups in total. The minimum absolute atomic E-state index is 0.138. The molecule has 0 radical (unpaired) electrons. The monoisotopic (exact) mass is 501 g/mol. The van der Waals surface area contributed by atoms with Gasteiger partial charge in [-0.15, -0.1) is 0 Å². The second-order valence-electron chi connectivity index (χ2n) is 9.53. The summed E-state index contributed by atoms with van der Waals surface area (Å²) in [5.74, 6) is 0.314. The van der Waals surface area contributed by atoms with Gasteiger partial charge in [-0.1, -0.05) is 44.2 Å². The first-order valence-corrected chi connectivity index (χ1v) is 12.3. The van der Waals surface area contributed by atoms with E-state index in [9.17, 15) is 9.59 Å². The number of carbonyl (C=O) groups excluding carboxylic acids is 2. The van der Waals surface area contributed by atoms with Crippen molar-refractivity contribution in [1.82, 2.24) is 0 Å². The molecule has 37 heavy (non-hydrogen) atoms. The maximum Gasteiger partial charge on any atom is 0.252 e. The van der Waals surface area contributed by atoms with Gasteiger partial charge >= 0.3 is 0 Å². The van der Waals surface area contributed by atoms with Crippen molar-refractivity contribution in [2.75, 3.05) is 11.1 Å². The van der Waals surface area contributed by atoms with E-state index in [4.69, 9.17) is 20.9 Å². The van der Waals surface area contributed by atoms with Crippen LogP contribution >= 0.6 is 0 Å². The Balaban J connectivity index is 1.89. The highest BCUT2D eigenvalue weighted by Crippen LogP contribution is 2.28. The molecule has 3 aromatic rings. The fraction of sp³-hybridized carbons (Fsp3) is 0.267. The van der Waals surface area contributed by atoms with Crippen LogP contribution in [-0.2, 0) is 6.61 Å². The lowest BCUT2D eigenvalue weighted by Gasteiger charge is -2.17. The maximum atomic E-state index is 13.4. The van der Waals surface area contributed by atoms with Crippen molar-refractivity contribution in [2.24, 2.45) is 11.7 Å². The number of hydrogen-bond donors (Lipinski definition) is 3. The topological polar surface area (TPSA) is 117 Å². The average molecular weight is 502 g/mol. The molecule has 0 aromatic heterocycles. The number of hydrogen-bond acceptors (Lipinski definition) is 6. The summed E-state index contributed by atoms with van der Waals surface area (Å²) < 4.78 is 11.8. The van der Waals surface area contributed by atoms with Crippen LogP contribution < -0.4 is 26.3 Å². The number of rotatable bonds is 12. The molecule has 0 aliphatic carbocycles. The van der Waals surface area contributed by atoms with E-state index < -0.39 is 5.91 Å². The third kappa shape index (κ3) is 8.14. The van der Waals surface area contributed by atoms with E-state index >= 15 is 0 Å². The van der Waals surface area contributed by atoms with Crippen molar-refractivity contribution >= 4 is 23.1 Å². The molecule has 0 aliphatic heterocycles. The van der Waals surface area contributed by atoms with Crippen molar-refractivity contribution in [3.63, 3.8) is 0 Å². The van der Waals surface area contributed by atoms with Crippen molar-refractivity contribution in [3.05, 3.63) is 95.2 Å². The standard InChI is InChI=1S/C30H35N3O4/c1-19(2)14-24(33-23-11-13-26(30(32)35)29(17-23)37-20(3)4)16-27(34)25-12-10-22(31)15-28(25)36-18-21-8-6-5-7-9-21/h5-13,15-17,19-20,33H,14,18,31H2,1-4H3,(H2,32,35)/b24-16-. The fourth-order valence-electron chi connectivity index (χ4n) is 3.76. The van der Waals surface area contributed by atoms with Crippen LogP contribution in [0, 0.1) is 5.92 Å². The number of ether oxygens (including phenoxy) is 2. The van der Waals surface area contributed by atoms with E-state index in [-0.39, 0.29) is 17.8 Å². The SMILES string of the molecule is CC(C)C/C(=C/C(=O)c1ccc(N)cc1OCc1ccccc1)Nc1ccc(C(N)=O)c(OC(C)C)c1. The molecule has 0 heterocycles. The second-order valence-corrected chi connectivity index (χ2v) is 9.53. The minimum Gasteiger partial charge on any atom is -0.490 e. The fourth-order valence-corrected chi connectivity index (χ4v) is 3.76. The first-order chi connectivity index (χ1) is 17.6. The highest BCUT2D eigenvalue weighted by Gasteiger charge is 2.16. The van der Waals surface area contributed by atoms with Gasteiger partial charge in [0.15, 0.2) is 5.78 Å². The van der Waals surface area contributed by atoms with E-state index in [1.807, 2.05) is 44.2 Å². The Hall–Kier alpha value is -4.26. The summed E-state index contributed by atoms with van der Waals surface area (Å²) in [5.41, 5.74) is 15.1. The van der Waals surface area contributed by atoms with Gasteiger partial charge in [-0.2, -0.15) is 0 Å². The van der Waals surface area contributed by atoms with E-state index in [0.29, 0.717) is 52.7 Å². The number of benzene rings is 3. The van der Waals surface area contributed by atoms with E-state index in [2.05, 4.69) is 19.2 Å². The quantitative estimate of drug-likeness (QED) is 0.160. The summed E-state index contributed by atoms with van der Waals surface area (Å²) in [4.78, 5) is 25.2. The van der Waals surface area contributed by atoms with Gasteiger partial charge in [-0.05, 0) is 56.0 Å². The summed E-state index contributed by atoms with van der Waals surface area (Å²) >= 11 is 0. The largest absolute Gasteiger partial charge is 0.490 e. The Morgan fingerprint density at radius 1 is 0.919 bits per heavy atom. The molecule has 3 rings (SSSR count). The Bertz CT molecular complexity index is 1270. The van der Waals surface area contributed by atoms with E-state index in [0.717, 1.165) is 5.56 Å². The molecule has 3 aromatic carbocycles. The number of nitrogens with two attached hydrogens (primary N) is 2. The molecule has 0 fully saturated rings. The number of ketones is 1. The van der Waals surface area contributed by atoms with Gasteiger partial charge in [-0.3, -0.25) is 9.59 Å². The van der Waals surface area contributed by atoms with Crippen molar-refractivity contribution in [2.45, 2.75) is 46.8 Å². The maximum absolute atomic E-state index is 13.4.